The smallest absolute Gasteiger partial charge is 0.305 e. The van der Waals surface area contributed by atoms with Gasteiger partial charge in [-0.2, -0.15) is 4.39 Å². The van der Waals surface area contributed by atoms with E-state index >= 15 is 0 Å². The Labute approximate surface area is 119 Å². The van der Waals surface area contributed by atoms with Crippen molar-refractivity contribution < 1.29 is 14.1 Å². The number of benzene rings is 1. The summed E-state index contributed by atoms with van der Waals surface area (Å²) in [6.07, 6.45) is 1.80. The highest BCUT2D eigenvalue weighted by molar-refractivity contribution is 9.09. The summed E-state index contributed by atoms with van der Waals surface area (Å²) in [5.74, 6) is -0.525. The number of nitro benzene ring substituents is 1. The Bertz CT molecular complexity index is 511. The average molecular weight is 332 g/mol. The van der Waals surface area contributed by atoms with Crippen molar-refractivity contribution in [2.45, 2.75) is 37.6 Å². The molecule has 1 fully saturated rings. The van der Waals surface area contributed by atoms with Gasteiger partial charge in [-0.05, 0) is 18.9 Å². The fourth-order valence-electron chi connectivity index (χ4n) is 2.27. The first-order valence-electron chi connectivity index (χ1n) is 6.13. The van der Waals surface area contributed by atoms with Gasteiger partial charge in [-0.15, -0.1) is 0 Å². The molecule has 0 spiro atoms. The normalized spacial score (nSPS) is 29.7. The van der Waals surface area contributed by atoms with Crippen LogP contribution in [0.25, 0.3) is 0 Å². The average Bonchev–Trinajstić information content (AvgIpc) is 2.37. The molecule has 2 rings (SSSR count). The molecule has 1 aromatic rings. The van der Waals surface area contributed by atoms with Crippen LogP contribution in [0.3, 0.4) is 0 Å². The Kier molecular flexibility index (Phi) is 3.80. The lowest BCUT2D eigenvalue weighted by Crippen LogP contribution is -2.54. The Hall–Kier alpha value is -1.17. The maximum atomic E-state index is 13.5. The second-order valence-electron chi connectivity index (χ2n) is 5.04. The molecule has 0 aliphatic heterocycles. The number of alkyl halides is 1. The van der Waals surface area contributed by atoms with Crippen LogP contribution in [0.15, 0.2) is 18.2 Å². The van der Waals surface area contributed by atoms with Crippen molar-refractivity contribution in [3.05, 3.63) is 34.1 Å². The third kappa shape index (κ3) is 2.45. The number of rotatable bonds is 4. The number of nitrogens with zero attached hydrogens (tertiary/aromatic N) is 1. The molecule has 0 radical (unpaired) electrons. The molecule has 4 nitrogen and oxygen atoms in total. The maximum Gasteiger partial charge on any atom is 0.305 e. The van der Waals surface area contributed by atoms with Crippen LogP contribution in [-0.2, 0) is 0 Å². The minimum Gasteiger partial charge on any atom is -0.490 e. The van der Waals surface area contributed by atoms with Crippen LogP contribution in [0.2, 0.25) is 0 Å². The van der Waals surface area contributed by atoms with Crippen molar-refractivity contribution in [1.82, 2.24) is 0 Å². The lowest BCUT2D eigenvalue weighted by Gasteiger charge is -2.50. The third-order valence-electron chi connectivity index (χ3n) is 4.03. The molecule has 1 aliphatic rings. The van der Waals surface area contributed by atoms with Crippen LogP contribution < -0.4 is 4.74 Å². The predicted octanol–water partition coefficient (Wildman–Crippen LogP) is 4.06. The van der Waals surface area contributed by atoms with Crippen LogP contribution >= 0.6 is 15.9 Å². The Balaban J connectivity index is 2.13. The molecule has 6 heteroatoms. The molecule has 0 saturated heterocycles. The third-order valence-corrected chi connectivity index (χ3v) is 5.45. The Morgan fingerprint density at radius 1 is 1.63 bits per heavy atom. The monoisotopic (exact) mass is 331 g/mol. The lowest BCUT2D eigenvalue weighted by molar-refractivity contribution is -0.387. The van der Waals surface area contributed by atoms with E-state index in [0.29, 0.717) is 10.6 Å². The van der Waals surface area contributed by atoms with Gasteiger partial charge in [0, 0.05) is 22.4 Å². The summed E-state index contributed by atoms with van der Waals surface area (Å²) < 4.78 is 19.2. The number of ether oxygens (including phenoxy) is 1. The number of nitro groups is 1. The molecule has 1 saturated carbocycles. The zero-order valence-electron chi connectivity index (χ0n) is 10.7. The molecular formula is C13H15BrFNO3. The molecule has 0 amide bonds. The van der Waals surface area contributed by atoms with Crippen LogP contribution in [0, 0.1) is 21.3 Å². The highest BCUT2D eigenvalue weighted by atomic mass is 79.9. The molecule has 0 heterocycles. The summed E-state index contributed by atoms with van der Waals surface area (Å²) in [4.78, 5) is 10.2. The van der Waals surface area contributed by atoms with Gasteiger partial charge in [0.25, 0.3) is 0 Å². The molecule has 3 atom stereocenters. The molecule has 3 unspecified atom stereocenters. The summed E-state index contributed by atoms with van der Waals surface area (Å²) in [5.41, 5.74) is -0.518. The number of halogens is 2. The first kappa shape index (κ1) is 14.2. The molecule has 104 valence electrons. The van der Waals surface area contributed by atoms with Crippen molar-refractivity contribution in [2.24, 2.45) is 5.41 Å². The SMILES string of the molecule is CCC1(C)C(Br)CC1Oc1ccc([N+](=O)[O-])c(F)c1. The van der Waals surface area contributed by atoms with Gasteiger partial charge in [0.2, 0.25) is 5.82 Å². The minimum absolute atomic E-state index is 0.00253. The zero-order chi connectivity index (χ0) is 14.2. The van der Waals surface area contributed by atoms with Gasteiger partial charge < -0.3 is 4.74 Å². The van der Waals surface area contributed by atoms with Crippen LogP contribution in [0.5, 0.6) is 5.75 Å². The van der Waals surface area contributed by atoms with E-state index in [1.807, 2.05) is 0 Å². The quantitative estimate of drug-likeness (QED) is 0.474. The van der Waals surface area contributed by atoms with Gasteiger partial charge in [-0.3, -0.25) is 10.1 Å². The molecule has 0 N–H and O–H groups in total. The summed E-state index contributed by atoms with van der Waals surface area (Å²) in [7, 11) is 0. The van der Waals surface area contributed by atoms with E-state index in [0.717, 1.165) is 25.0 Å². The molecular weight excluding hydrogens is 317 g/mol. The van der Waals surface area contributed by atoms with Gasteiger partial charge in [0.15, 0.2) is 0 Å². The van der Waals surface area contributed by atoms with E-state index in [1.54, 1.807) is 0 Å². The number of hydrogen-bond donors (Lipinski definition) is 0. The second kappa shape index (κ2) is 5.07. The van der Waals surface area contributed by atoms with E-state index < -0.39 is 16.4 Å². The molecule has 1 aliphatic carbocycles. The summed E-state index contributed by atoms with van der Waals surface area (Å²) in [6, 6.07) is 3.66. The highest BCUT2D eigenvalue weighted by Gasteiger charge is 2.50. The maximum absolute atomic E-state index is 13.5. The summed E-state index contributed by atoms with van der Waals surface area (Å²) in [6.45, 7) is 4.20. The van der Waals surface area contributed by atoms with Gasteiger partial charge in [0.1, 0.15) is 11.9 Å². The zero-order valence-corrected chi connectivity index (χ0v) is 12.3. The van der Waals surface area contributed by atoms with Crippen molar-refractivity contribution in [2.75, 3.05) is 0 Å². The fourth-order valence-corrected chi connectivity index (χ4v) is 3.23. The minimum atomic E-state index is -0.865. The van der Waals surface area contributed by atoms with Gasteiger partial charge >= 0.3 is 5.69 Å². The topological polar surface area (TPSA) is 52.4 Å². The van der Waals surface area contributed by atoms with Crippen molar-refractivity contribution in [1.29, 1.82) is 0 Å². The predicted molar refractivity (Wildman–Crippen MR) is 73.2 cm³/mol. The largest absolute Gasteiger partial charge is 0.490 e. The van der Waals surface area contributed by atoms with E-state index in [9.17, 15) is 14.5 Å². The highest BCUT2D eigenvalue weighted by Crippen LogP contribution is 2.50. The first-order valence-corrected chi connectivity index (χ1v) is 7.04. The van der Waals surface area contributed by atoms with E-state index in [1.165, 1.54) is 6.07 Å². The van der Waals surface area contributed by atoms with Crippen molar-refractivity contribution in [3.63, 3.8) is 0 Å². The first-order chi connectivity index (χ1) is 8.88. The van der Waals surface area contributed by atoms with Crippen LogP contribution in [-0.4, -0.2) is 15.9 Å². The fraction of sp³-hybridized carbons (Fsp3) is 0.538. The standard InChI is InChI=1S/C13H15BrFNO3/c1-3-13(2)11(14)7-12(13)19-8-4-5-10(16(17)18)9(15)6-8/h4-6,11-12H,3,7H2,1-2H3. The van der Waals surface area contributed by atoms with Crippen LogP contribution in [0.4, 0.5) is 10.1 Å². The van der Waals surface area contributed by atoms with Gasteiger partial charge in [0.05, 0.1) is 4.92 Å². The Morgan fingerprint density at radius 2 is 2.32 bits per heavy atom. The second-order valence-corrected chi connectivity index (χ2v) is 6.14. The summed E-state index contributed by atoms with van der Waals surface area (Å²) in [5, 5.41) is 10.5. The van der Waals surface area contributed by atoms with Crippen molar-refractivity contribution in [3.8, 4) is 5.75 Å². The molecule has 0 aromatic heterocycles. The summed E-state index contributed by atoms with van der Waals surface area (Å²) >= 11 is 3.60. The molecule has 0 bridgehead atoms. The Morgan fingerprint density at radius 3 is 2.79 bits per heavy atom. The van der Waals surface area contributed by atoms with E-state index in [-0.39, 0.29) is 11.5 Å². The van der Waals surface area contributed by atoms with Gasteiger partial charge in [-0.1, -0.05) is 29.8 Å². The molecule has 1 aromatic carbocycles. The molecule has 19 heavy (non-hydrogen) atoms. The lowest BCUT2D eigenvalue weighted by atomic mass is 9.65. The van der Waals surface area contributed by atoms with E-state index in [4.69, 9.17) is 4.74 Å². The van der Waals surface area contributed by atoms with Crippen LogP contribution in [0.1, 0.15) is 26.7 Å². The van der Waals surface area contributed by atoms with Crippen molar-refractivity contribution >= 4 is 21.6 Å². The van der Waals surface area contributed by atoms with E-state index in [2.05, 4.69) is 29.8 Å². The number of hydrogen-bond acceptors (Lipinski definition) is 3. The van der Waals surface area contributed by atoms with Gasteiger partial charge in [-0.25, -0.2) is 0 Å².